The summed E-state index contributed by atoms with van der Waals surface area (Å²) in [6, 6.07) is 11.2. The van der Waals surface area contributed by atoms with Gasteiger partial charge in [-0.3, -0.25) is 9.59 Å². The average Bonchev–Trinajstić information content (AvgIpc) is 3.31. The quantitative estimate of drug-likeness (QED) is 0.730. The smallest absolute Gasteiger partial charge is 0.236 e. The number of fused-ring (bicyclic) bond motifs is 1. The van der Waals surface area contributed by atoms with Crippen LogP contribution in [0.15, 0.2) is 46.2 Å². The van der Waals surface area contributed by atoms with E-state index < -0.39 is 0 Å². The van der Waals surface area contributed by atoms with Crippen LogP contribution in [0.2, 0.25) is 0 Å². The zero-order chi connectivity index (χ0) is 19.8. The monoisotopic (exact) mass is 395 g/mol. The van der Waals surface area contributed by atoms with Crippen LogP contribution in [0.25, 0.3) is 10.8 Å². The molecular formula is C21H21N3O3S. The van der Waals surface area contributed by atoms with Gasteiger partial charge in [-0.05, 0) is 43.3 Å². The van der Waals surface area contributed by atoms with E-state index in [1.165, 1.54) is 0 Å². The number of hydrogen-bond donors (Lipinski definition) is 1. The van der Waals surface area contributed by atoms with Crippen LogP contribution >= 0.6 is 11.3 Å². The molecule has 3 aromatic rings. The van der Waals surface area contributed by atoms with Crippen molar-refractivity contribution in [2.75, 3.05) is 4.90 Å². The number of oxazole rings is 1. The summed E-state index contributed by atoms with van der Waals surface area (Å²) in [6.07, 6.45) is 0.650. The van der Waals surface area contributed by atoms with Crippen LogP contribution in [0.4, 0.5) is 5.69 Å². The number of aromatic nitrogens is 1. The lowest BCUT2D eigenvalue weighted by atomic mass is 9.85. The number of thiophene rings is 1. The molecule has 0 aliphatic carbocycles. The molecule has 1 aliphatic rings. The summed E-state index contributed by atoms with van der Waals surface area (Å²) in [5.74, 6) is 0.367. The number of nitrogens with two attached hydrogens (primary N) is 1. The number of benzene rings is 1. The van der Waals surface area contributed by atoms with Gasteiger partial charge in [0.1, 0.15) is 5.76 Å². The Balaban J connectivity index is 1.63. The number of anilines is 1. The Bertz CT molecular complexity index is 1030. The van der Waals surface area contributed by atoms with Crippen LogP contribution < -0.4 is 10.6 Å². The lowest BCUT2D eigenvalue weighted by Gasteiger charge is -2.38. The third-order valence-corrected chi connectivity index (χ3v) is 6.00. The lowest BCUT2D eigenvalue weighted by molar-refractivity contribution is -0.121. The molecule has 1 aromatic carbocycles. The van der Waals surface area contributed by atoms with Gasteiger partial charge < -0.3 is 15.1 Å². The van der Waals surface area contributed by atoms with Crippen LogP contribution in [0, 0.1) is 6.92 Å². The van der Waals surface area contributed by atoms with E-state index in [9.17, 15) is 9.59 Å². The van der Waals surface area contributed by atoms with E-state index >= 15 is 0 Å². The summed E-state index contributed by atoms with van der Waals surface area (Å²) in [5.41, 5.74) is 7.78. The van der Waals surface area contributed by atoms with Crippen LogP contribution in [-0.4, -0.2) is 22.8 Å². The normalized spacial score (nSPS) is 18.7. The SMILES string of the molecule is Cc1oc(-c2cccs2)nc1CC(=O)N1c2ccccc2[C@H](C(N)=O)C[C@H]1C. The zero-order valence-corrected chi connectivity index (χ0v) is 16.5. The zero-order valence-electron chi connectivity index (χ0n) is 15.7. The summed E-state index contributed by atoms with van der Waals surface area (Å²) in [5, 5.41) is 1.96. The van der Waals surface area contributed by atoms with Crippen molar-refractivity contribution in [2.24, 2.45) is 5.73 Å². The van der Waals surface area contributed by atoms with Crippen molar-refractivity contribution in [3.8, 4) is 10.8 Å². The summed E-state index contributed by atoms with van der Waals surface area (Å²) >= 11 is 1.54. The topological polar surface area (TPSA) is 89.4 Å². The molecule has 3 heterocycles. The average molecular weight is 395 g/mol. The van der Waals surface area contributed by atoms with E-state index in [4.69, 9.17) is 10.2 Å². The Labute approximate surface area is 167 Å². The van der Waals surface area contributed by atoms with Gasteiger partial charge in [0.25, 0.3) is 0 Å². The largest absolute Gasteiger partial charge is 0.440 e. The van der Waals surface area contributed by atoms with Crippen LogP contribution in [0.1, 0.15) is 36.3 Å². The summed E-state index contributed by atoms with van der Waals surface area (Å²) in [4.78, 5) is 32.3. The first kappa shape index (κ1) is 18.4. The molecule has 0 saturated heterocycles. The van der Waals surface area contributed by atoms with E-state index in [2.05, 4.69) is 4.98 Å². The van der Waals surface area contributed by atoms with E-state index in [0.717, 1.165) is 16.1 Å². The number of nitrogens with zero attached hydrogens (tertiary/aromatic N) is 2. The Morgan fingerprint density at radius 1 is 1.29 bits per heavy atom. The van der Waals surface area contributed by atoms with Gasteiger partial charge in [-0.15, -0.1) is 11.3 Å². The first-order chi connectivity index (χ1) is 13.5. The molecule has 6 nitrogen and oxygen atoms in total. The van der Waals surface area contributed by atoms with Crippen molar-refractivity contribution < 1.29 is 14.0 Å². The van der Waals surface area contributed by atoms with Crippen LogP contribution in [-0.2, 0) is 16.0 Å². The Hall–Kier alpha value is -2.93. The molecule has 2 N–H and O–H groups in total. The maximum absolute atomic E-state index is 13.2. The number of carbonyl (C=O) groups excluding carboxylic acids is 2. The fourth-order valence-corrected chi connectivity index (χ4v) is 4.44. The Morgan fingerprint density at radius 3 is 2.79 bits per heavy atom. The van der Waals surface area contributed by atoms with Gasteiger partial charge >= 0.3 is 0 Å². The highest BCUT2D eigenvalue weighted by Gasteiger charge is 2.36. The van der Waals surface area contributed by atoms with Crippen LogP contribution in [0.3, 0.4) is 0 Å². The van der Waals surface area contributed by atoms with E-state index in [1.807, 2.05) is 55.6 Å². The number of hydrogen-bond acceptors (Lipinski definition) is 5. The van der Waals surface area contributed by atoms with Crippen molar-refractivity contribution in [3.63, 3.8) is 0 Å². The summed E-state index contributed by atoms with van der Waals surface area (Å²) in [6.45, 7) is 3.76. The standard InChI is InChI=1S/C21H21N3O3S/c1-12-10-15(20(22)26)14-6-3-4-7-17(14)24(12)19(25)11-16-13(2)27-21(23-16)18-8-5-9-28-18/h3-9,12,15H,10-11H2,1-2H3,(H2,22,26)/t12-,15-/m1/s1. The predicted octanol–water partition coefficient (Wildman–Crippen LogP) is 3.65. The van der Waals surface area contributed by atoms with Crippen molar-refractivity contribution in [3.05, 3.63) is 58.8 Å². The second kappa shape index (κ2) is 7.24. The maximum Gasteiger partial charge on any atom is 0.236 e. The molecule has 0 bridgehead atoms. The van der Waals surface area contributed by atoms with Gasteiger partial charge in [0.2, 0.25) is 17.7 Å². The van der Waals surface area contributed by atoms with Crippen molar-refractivity contribution >= 4 is 28.8 Å². The molecule has 144 valence electrons. The first-order valence-corrected chi connectivity index (χ1v) is 10.0. The molecule has 0 radical (unpaired) electrons. The number of para-hydroxylation sites is 1. The van der Waals surface area contributed by atoms with E-state index in [-0.39, 0.29) is 30.2 Å². The fourth-order valence-electron chi connectivity index (χ4n) is 3.79. The minimum Gasteiger partial charge on any atom is -0.440 e. The highest BCUT2D eigenvalue weighted by Crippen LogP contribution is 2.38. The predicted molar refractivity (Wildman–Crippen MR) is 108 cm³/mol. The van der Waals surface area contributed by atoms with Gasteiger partial charge in [-0.25, -0.2) is 4.98 Å². The molecule has 4 rings (SSSR count). The van der Waals surface area contributed by atoms with Gasteiger partial charge in [0, 0.05) is 11.7 Å². The Kier molecular flexibility index (Phi) is 4.77. The minimum atomic E-state index is -0.380. The highest BCUT2D eigenvalue weighted by molar-refractivity contribution is 7.13. The fraction of sp³-hybridized carbons (Fsp3) is 0.286. The first-order valence-electron chi connectivity index (χ1n) is 9.16. The molecule has 1 aliphatic heterocycles. The molecule has 2 aromatic heterocycles. The minimum absolute atomic E-state index is 0.0722. The third kappa shape index (κ3) is 3.22. The van der Waals surface area contributed by atoms with Crippen molar-refractivity contribution in [2.45, 2.75) is 38.6 Å². The molecule has 0 fully saturated rings. The number of carbonyl (C=O) groups is 2. The van der Waals surface area contributed by atoms with Gasteiger partial charge in [0.05, 0.1) is 22.9 Å². The Morgan fingerprint density at radius 2 is 2.07 bits per heavy atom. The molecule has 0 unspecified atom stereocenters. The van der Waals surface area contributed by atoms with Gasteiger partial charge in [-0.1, -0.05) is 24.3 Å². The summed E-state index contributed by atoms with van der Waals surface area (Å²) < 4.78 is 5.76. The maximum atomic E-state index is 13.2. The molecular weight excluding hydrogens is 374 g/mol. The second-order valence-electron chi connectivity index (χ2n) is 7.04. The van der Waals surface area contributed by atoms with Crippen molar-refractivity contribution in [1.82, 2.24) is 4.98 Å². The van der Waals surface area contributed by atoms with Gasteiger partial charge in [0.15, 0.2) is 0 Å². The van der Waals surface area contributed by atoms with E-state index in [0.29, 0.717) is 23.8 Å². The lowest BCUT2D eigenvalue weighted by Crippen LogP contribution is -2.46. The molecule has 0 saturated carbocycles. The number of aryl methyl sites for hydroxylation is 1. The van der Waals surface area contributed by atoms with Crippen molar-refractivity contribution in [1.29, 1.82) is 0 Å². The summed E-state index contributed by atoms with van der Waals surface area (Å²) in [7, 11) is 0. The molecule has 28 heavy (non-hydrogen) atoms. The number of primary amides is 1. The molecule has 7 heteroatoms. The van der Waals surface area contributed by atoms with Gasteiger partial charge in [-0.2, -0.15) is 0 Å². The molecule has 0 spiro atoms. The van der Waals surface area contributed by atoms with Crippen LogP contribution in [0.5, 0.6) is 0 Å². The number of rotatable bonds is 4. The second-order valence-corrected chi connectivity index (χ2v) is 7.99. The molecule has 2 amide bonds. The third-order valence-electron chi connectivity index (χ3n) is 5.14. The van der Waals surface area contributed by atoms with E-state index in [1.54, 1.807) is 16.2 Å². The number of amides is 2. The molecule has 2 atom stereocenters. The highest BCUT2D eigenvalue weighted by atomic mass is 32.1.